The number of hydrogen-bond acceptors (Lipinski definition) is 3. The first-order valence-electron chi connectivity index (χ1n) is 9.37. The Hall–Kier alpha value is -1.80. The van der Waals surface area contributed by atoms with Gasteiger partial charge in [-0.3, -0.25) is 9.89 Å². The predicted molar refractivity (Wildman–Crippen MR) is 126 cm³/mol. The van der Waals surface area contributed by atoms with Crippen molar-refractivity contribution >= 4 is 41.3 Å². The molecule has 2 aromatic rings. The number of anilines is 2. The molecule has 0 radical (unpaired) electrons. The van der Waals surface area contributed by atoms with Crippen LogP contribution < -0.4 is 16.0 Å². The number of nitrogens with one attached hydrogen (secondary N) is 1. The summed E-state index contributed by atoms with van der Waals surface area (Å²) < 4.78 is 0. The van der Waals surface area contributed by atoms with Crippen LogP contribution in [0.25, 0.3) is 0 Å². The summed E-state index contributed by atoms with van der Waals surface area (Å²) in [4.78, 5) is 9.40. The fourth-order valence-corrected chi connectivity index (χ4v) is 3.19. The number of para-hydroxylation sites is 1. The van der Waals surface area contributed by atoms with Gasteiger partial charge in [0.1, 0.15) is 0 Å². The first kappa shape index (κ1) is 21.5. The number of nitrogens with two attached hydrogens (primary N) is 1. The van der Waals surface area contributed by atoms with E-state index in [1.807, 2.05) is 12.1 Å². The summed E-state index contributed by atoms with van der Waals surface area (Å²) >= 11 is 0. The van der Waals surface area contributed by atoms with E-state index in [0.29, 0.717) is 5.96 Å². The summed E-state index contributed by atoms with van der Waals surface area (Å²) in [6.45, 7) is 8.29. The van der Waals surface area contributed by atoms with E-state index in [0.717, 1.165) is 51.4 Å². The maximum Gasteiger partial charge on any atom is 0.193 e. The van der Waals surface area contributed by atoms with Crippen molar-refractivity contribution in [3.05, 3.63) is 60.2 Å². The molecule has 0 saturated carbocycles. The van der Waals surface area contributed by atoms with Gasteiger partial charge in [0.05, 0.1) is 0 Å². The lowest BCUT2D eigenvalue weighted by Gasteiger charge is -2.36. The molecular weight excluding hydrogens is 449 g/mol. The van der Waals surface area contributed by atoms with Crippen molar-refractivity contribution < 1.29 is 0 Å². The predicted octanol–water partition coefficient (Wildman–Crippen LogP) is 3.55. The highest BCUT2D eigenvalue weighted by Gasteiger charge is 2.16. The molecule has 3 rings (SSSR count). The molecular formula is C21H30IN5. The van der Waals surface area contributed by atoms with Crippen LogP contribution in [0.2, 0.25) is 0 Å². The molecule has 0 spiro atoms. The summed E-state index contributed by atoms with van der Waals surface area (Å²) in [5.74, 6) is 0.489. The Bertz CT molecular complexity index is 694. The number of piperazine rings is 1. The van der Waals surface area contributed by atoms with Crippen molar-refractivity contribution in [3.8, 4) is 0 Å². The second-order valence-corrected chi connectivity index (χ2v) is 6.78. The summed E-state index contributed by atoms with van der Waals surface area (Å²) in [5.41, 5.74) is 9.50. The number of benzene rings is 2. The highest BCUT2D eigenvalue weighted by molar-refractivity contribution is 14.0. The first-order valence-corrected chi connectivity index (χ1v) is 9.37. The third kappa shape index (κ3) is 7.03. The van der Waals surface area contributed by atoms with Crippen LogP contribution >= 0.6 is 24.0 Å². The number of halogens is 1. The minimum atomic E-state index is 0. The zero-order chi connectivity index (χ0) is 18.2. The second kappa shape index (κ2) is 11.1. The van der Waals surface area contributed by atoms with E-state index in [1.54, 1.807) is 0 Å². The minimum absolute atomic E-state index is 0. The zero-order valence-corrected chi connectivity index (χ0v) is 18.3. The van der Waals surface area contributed by atoms with Crippen LogP contribution in [0.15, 0.2) is 59.6 Å². The molecule has 3 N–H and O–H groups in total. The third-order valence-corrected chi connectivity index (χ3v) is 4.73. The number of aryl methyl sites for hydroxylation is 1. The van der Waals surface area contributed by atoms with Gasteiger partial charge in [0.25, 0.3) is 0 Å². The fraction of sp³-hybridized carbons (Fsp3) is 0.381. The maximum atomic E-state index is 5.96. The molecule has 1 heterocycles. The number of hydrogen-bond donors (Lipinski definition) is 2. The lowest BCUT2D eigenvalue weighted by Crippen LogP contribution is -2.46. The third-order valence-electron chi connectivity index (χ3n) is 4.73. The van der Waals surface area contributed by atoms with E-state index in [4.69, 9.17) is 5.73 Å². The van der Waals surface area contributed by atoms with E-state index in [2.05, 4.69) is 69.5 Å². The average Bonchev–Trinajstić information content (AvgIpc) is 2.68. The van der Waals surface area contributed by atoms with Crippen LogP contribution in [0.5, 0.6) is 0 Å². The van der Waals surface area contributed by atoms with Crippen LogP contribution in [-0.2, 0) is 0 Å². The Morgan fingerprint density at radius 3 is 2.33 bits per heavy atom. The number of guanidine groups is 1. The maximum absolute atomic E-state index is 5.96. The molecule has 0 aromatic heterocycles. The minimum Gasteiger partial charge on any atom is -0.370 e. The van der Waals surface area contributed by atoms with Crippen molar-refractivity contribution in [2.45, 2.75) is 13.3 Å². The molecule has 5 nitrogen and oxygen atoms in total. The monoisotopic (exact) mass is 479 g/mol. The molecule has 2 aromatic carbocycles. The van der Waals surface area contributed by atoms with E-state index in [9.17, 15) is 0 Å². The number of nitrogens with zero attached hydrogens (tertiary/aromatic N) is 3. The van der Waals surface area contributed by atoms with E-state index in [1.165, 1.54) is 11.3 Å². The molecule has 1 aliphatic rings. The van der Waals surface area contributed by atoms with Crippen molar-refractivity contribution in [2.24, 2.45) is 10.7 Å². The largest absolute Gasteiger partial charge is 0.370 e. The standard InChI is InChI=1S/C21H29N5.HI/c1-18-8-10-19(11-9-18)24-21(22)23-12-5-13-25-14-16-26(17-15-25)20-6-3-2-4-7-20;/h2-4,6-11H,5,12-17H2,1H3,(H3,22,23,24);1H. The van der Waals surface area contributed by atoms with Crippen molar-refractivity contribution in [1.82, 2.24) is 4.90 Å². The molecule has 146 valence electrons. The van der Waals surface area contributed by atoms with Gasteiger partial charge in [-0.15, -0.1) is 24.0 Å². The van der Waals surface area contributed by atoms with E-state index >= 15 is 0 Å². The van der Waals surface area contributed by atoms with Gasteiger partial charge < -0.3 is 16.0 Å². The van der Waals surface area contributed by atoms with Gasteiger partial charge in [0.2, 0.25) is 0 Å². The molecule has 0 unspecified atom stereocenters. The Labute approximate surface area is 179 Å². The highest BCUT2D eigenvalue weighted by atomic mass is 127. The van der Waals surface area contributed by atoms with Gasteiger partial charge in [0, 0.05) is 50.6 Å². The van der Waals surface area contributed by atoms with Gasteiger partial charge in [-0.25, -0.2) is 0 Å². The Balaban J connectivity index is 0.00000261. The summed E-state index contributed by atoms with van der Waals surface area (Å²) in [6, 6.07) is 18.8. The SMILES string of the molecule is Cc1ccc(NC(N)=NCCCN2CCN(c3ccccc3)CC2)cc1.I. The molecule has 1 saturated heterocycles. The van der Waals surface area contributed by atoms with Crippen molar-refractivity contribution in [2.75, 3.05) is 49.5 Å². The summed E-state index contributed by atoms with van der Waals surface area (Å²) in [6.07, 6.45) is 1.03. The van der Waals surface area contributed by atoms with Gasteiger partial charge in [-0.05, 0) is 37.6 Å². The van der Waals surface area contributed by atoms with Gasteiger partial charge in [-0.1, -0.05) is 35.9 Å². The lowest BCUT2D eigenvalue weighted by atomic mass is 10.2. The molecule has 1 aliphatic heterocycles. The number of aliphatic imine (C=N–C) groups is 1. The van der Waals surface area contributed by atoms with Crippen LogP contribution in [0.4, 0.5) is 11.4 Å². The van der Waals surface area contributed by atoms with Gasteiger partial charge in [-0.2, -0.15) is 0 Å². The van der Waals surface area contributed by atoms with Gasteiger partial charge >= 0.3 is 0 Å². The molecule has 1 fully saturated rings. The Kier molecular flexibility index (Phi) is 8.87. The van der Waals surface area contributed by atoms with E-state index in [-0.39, 0.29) is 24.0 Å². The molecule has 6 heteroatoms. The highest BCUT2D eigenvalue weighted by Crippen LogP contribution is 2.15. The fourth-order valence-electron chi connectivity index (χ4n) is 3.19. The lowest BCUT2D eigenvalue weighted by molar-refractivity contribution is 0.256. The first-order chi connectivity index (χ1) is 12.7. The normalized spacial score (nSPS) is 15.3. The molecule has 0 bridgehead atoms. The summed E-state index contributed by atoms with van der Waals surface area (Å²) in [5, 5.41) is 3.14. The van der Waals surface area contributed by atoms with Crippen molar-refractivity contribution in [1.29, 1.82) is 0 Å². The average molecular weight is 479 g/mol. The second-order valence-electron chi connectivity index (χ2n) is 6.78. The smallest absolute Gasteiger partial charge is 0.193 e. The summed E-state index contributed by atoms with van der Waals surface area (Å²) in [7, 11) is 0. The number of rotatable bonds is 6. The van der Waals surface area contributed by atoms with Gasteiger partial charge in [0.15, 0.2) is 5.96 Å². The van der Waals surface area contributed by atoms with Crippen LogP contribution in [0, 0.1) is 6.92 Å². The zero-order valence-electron chi connectivity index (χ0n) is 16.0. The Morgan fingerprint density at radius 1 is 1.00 bits per heavy atom. The topological polar surface area (TPSA) is 56.9 Å². The molecule has 0 aliphatic carbocycles. The van der Waals surface area contributed by atoms with Crippen molar-refractivity contribution in [3.63, 3.8) is 0 Å². The van der Waals surface area contributed by atoms with Crippen LogP contribution in [0.1, 0.15) is 12.0 Å². The molecule has 0 amide bonds. The Morgan fingerprint density at radius 2 is 1.67 bits per heavy atom. The van der Waals surface area contributed by atoms with E-state index < -0.39 is 0 Å². The molecule has 0 atom stereocenters. The van der Waals surface area contributed by atoms with Crippen LogP contribution in [0.3, 0.4) is 0 Å². The quantitative estimate of drug-likeness (QED) is 0.288. The molecule has 27 heavy (non-hydrogen) atoms. The van der Waals surface area contributed by atoms with Crippen LogP contribution in [-0.4, -0.2) is 50.1 Å².